The summed E-state index contributed by atoms with van der Waals surface area (Å²) in [5.41, 5.74) is 1.75. The van der Waals surface area contributed by atoms with E-state index in [1.54, 1.807) is 7.11 Å². The Morgan fingerprint density at radius 1 is 0.875 bits per heavy atom. The smallest absolute Gasteiger partial charge is 0.253 e. The third-order valence-electron chi connectivity index (χ3n) is 4.21. The van der Waals surface area contributed by atoms with E-state index >= 15 is 0 Å². The first kappa shape index (κ1) is 16.5. The van der Waals surface area contributed by atoms with Gasteiger partial charge in [0.2, 0.25) is 0 Å². The largest absolute Gasteiger partial charge is 0.497 e. The van der Waals surface area contributed by atoms with Crippen molar-refractivity contribution in [2.24, 2.45) is 0 Å². The molecular weight excluding hydrogens is 320 g/mol. The van der Waals surface area contributed by atoms with Gasteiger partial charge < -0.3 is 14.5 Å². The van der Waals surface area contributed by atoms with Crippen molar-refractivity contribution < 1.29 is 9.53 Å². The van der Waals surface area contributed by atoms with Crippen LogP contribution in [-0.4, -0.2) is 54.0 Å². The van der Waals surface area contributed by atoms with Gasteiger partial charge >= 0.3 is 0 Å². The van der Waals surface area contributed by atoms with Crippen molar-refractivity contribution in [1.29, 1.82) is 0 Å². The molecule has 0 aromatic heterocycles. The first-order chi connectivity index (χ1) is 11.7. The summed E-state index contributed by atoms with van der Waals surface area (Å²) in [6.07, 6.45) is 0. The molecule has 3 rings (SSSR count). The predicted molar refractivity (Wildman–Crippen MR) is 98.6 cm³/mol. The molecule has 1 aliphatic rings. The van der Waals surface area contributed by atoms with Crippen LogP contribution < -0.4 is 4.74 Å². The van der Waals surface area contributed by atoms with Crippen molar-refractivity contribution in [3.8, 4) is 5.75 Å². The van der Waals surface area contributed by atoms with Gasteiger partial charge in [0.25, 0.3) is 5.91 Å². The molecule has 0 radical (unpaired) electrons. The number of hydrogen-bond acceptors (Lipinski definition) is 3. The van der Waals surface area contributed by atoms with Crippen molar-refractivity contribution in [3.63, 3.8) is 0 Å². The minimum atomic E-state index is 0.0885. The number of hydrogen-bond donors (Lipinski definition) is 0. The number of rotatable bonds is 3. The molecule has 0 unspecified atom stereocenters. The molecule has 2 aromatic rings. The minimum absolute atomic E-state index is 0.0885. The SMILES string of the molecule is COc1ccc(C(=S)N2CCN(C(=O)c3ccccc3)CC2)cc1. The molecule has 1 saturated heterocycles. The molecule has 1 aliphatic heterocycles. The lowest BCUT2D eigenvalue weighted by Crippen LogP contribution is -2.50. The molecule has 0 atom stereocenters. The van der Waals surface area contributed by atoms with Gasteiger partial charge in [0.1, 0.15) is 10.7 Å². The summed E-state index contributed by atoms with van der Waals surface area (Å²) in [4.78, 5) is 17.4. The number of methoxy groups -OCH3 is 1. The van der Waals surface area contributed by atoms with E-state index in [4.69, 9.17) is 17.0 Å². The number of carbonyl (C=O) groups is 1. The number of ether oxygens (including phenoxy) is 1. The highest BCUT2D eigenvalue weighted by atomic mass is 32.1. The predicted octanol–water partition coefficient (Wildman–Crippen LogP) is 2.83. The lowest BCUT2D eigenvalue weighted by atomic mass is 10.1. The summed E-state index contributed by atoms with van der Waals surface area (Å²) < 4.78 is 5.18. The highest BCUT2D eigenvalue weighted by Gasteiger charge is 2.23. The Labute approximate surface area is 147 Å². The molecule has 0 N–H and O–H groups in total. The van der Waals surface area contributed by atoms with Gasteiger partial charge in [0, 0.05) is 37.3 Å². The number of benzene rings is 2. The molecule has 5 heteroatoms. The van der Waals surface area contributed by atoms with E-state index in [9.17, 15) is 4.79 Å². The Hall–Kier alpha value is -2.40. The molecule has 4 nitrogen and oxygen atoms in total. The summed E-state index contributed by atoms with van der Waals surface area (Å²) in [6.45, 7) is 2.88. The van der Waals surface area contributed by atoms with Crippen LogP contribution in [0.4, 0.5) is 0 Å². The van der Waals surface area contributed by atoms with Crippen LogP contribution >= 0.6 is 12.2 Å². The van der Waals surface area contributed by atoms with Gasteiger partial charge in [-0.15, -0.1) is 0 Å². The highest BCUT2D eigenvalue weighted by molar-refractivity contribution is 7.80. The van der Waals surface area contributed by atoms with Crippen LogP contribution in [0.2, 0.25) is 0 Å². The van der Waals surface area contributed by atoms with Crippen molar-refractivity contribution in [1.82, 2.24) is 9.80 Å². The second-order valence-electron chi connectivity index (χ2n) is 5.68. The molecule has 0 spiro atoms. The monoisotopic (exact) mass is 340 g/mol. The van der Waals surface area contributed by atoms with Gasteiger partial charge in [0.15, 0.2) is 0 Å². The van der Waals surface area contributed by atoms with Crippen molar-refractivity contribution >= 4 is 23.1 Å². The number of amides is 1. The maximum Gasteiger partial charge on any atom is 0.253 e. The molecule has 124 valence electrons. The molecule has 1 heterocycles. The van der Waals surface area contributed by atoms with Crippen LogP contribution in [0.5, 0.6) is 5.75 Å². The number of nitrogens with zero attached hydrogens (tertiary/aromatic N) is 2. The fourth-order valence-corrected chi connectivity index (χ4v) is 3.11. The van der Waals surface area contributed by atoms with Crippen LogP contribution in [0, 0.1) is 0 Å². The topological polar surface area (TPSA) is 32.8 Å². The van der Waals surface area contributed by atoms with Gasteiger partial charge in [0.05, 0.1) is 7.11 Å². The zero-order valence-electron chi connectivity index (χ0n) is 13.6. The van der Waals surface area contributed by atoms with E-state index in [0.717, 1.165) is 35.0 Å². The normalized spacial score (nSPS) is 14.4. The average Bonchev–Trinajstić information content (AvgIpc) is 2.68. The third-order valence-corrected chi connectivity index (χ3v) is 4.71. The van der Waals surface area contributed by atoms with Crippen LogP contribution in [-0.2, 0) is 0 Å². The molecule has 24 heavy (non-hydrogen) atoms. The van der Waals surface area contributed by atoms with E-state index in [0.29, 0.717) is 13.1 Å². The number of thiocarbonyl (C=S) groups is 1. The second kappa shape index (κ2) is 7.45. The standard InChI is InChI=1S/C19H20N2O2S/c1-23-17-9-7-16(8-10-17)19(24)21-13-11-20(12-14-21)18(22)15-5-3-2-4-6-15/h2-10H,11-14H2,1H3. The Morgan fingerprint density at radius 2 is 1.46 bits per heavy atom. The van der Waals surface area contributed by atoms with Gasteiger partial charge in [-0.05, 0) is 36.4 Å². The molecular formula is C19H20N2O2S. The summed E-state index contributed by atoms with van der Waals surface area (Å²) >= 11 is 5.60. The quantitative estimate of drug-likeness (QED) is 0.805. The molecule has 1 fully saturated rings. The first-order valence-electron chi connectivity index (χ1n) is 7.96. The lowest BCUT2D eigenvalue weighted by Gasteiger charge is -2.36. The van der Waals surface area contributed by atoms with Gasteiger partial charge in [-0.2, -0.15) is 0 Å². The molecule has 1 amide bonds. The van der Waals surface area contributed by atoms with Crippen molar-refractivity contribution in [3.05, 3.63) is 65.7 Å². The van der Waals surface area contributed by atoms with E-state index in [2.05, 4.69) is 4.90 Å². The van der Waals surface area contributed by atoms with Crippen LogP contribution in [0.1, 0.15) is 15.9 Å². The van der Waals surface area contributed by atoms with E-state index in [1.165, 1.54) is 0 Å². The molecule has 0 aliphatic carbocycles. The Bertz CT molecular complexity index is 708. The van der Waals surface area contributed by atoms with E-state index in [1.807, 2.05) is 59.5 Å². The number of piperazine rings is 1. The molecule has 0 saturated carbocycles. The van der Waals surface area contributed by atoms with E-state index in [-0.39, 0.29) is 5.91 Å². The average molecular weight is 340 g/mol. The van der Waals surface area contributed by atoms with Gasteiger partial charge in [-0.25, -0.2) is 0 Å². The zero-order valence-corrected chi connectivity index (χ0v) is 14.5. The summed E-state index contributed by atoms with van der Waals surface area (Å²) in [6, 6.07) is 17.2. The van der Waals surface area contributed by atoms with Gasteiger partial charge in [-0.1, -0.05) is 30.4 Å². The maximum absolute atomic E-state index is 12.5. The summed E-state index contributed by atoms with van der Waals surface area (Å²) in [5, 5.41) is 0. The fraction of sp³-hybridized carbons (Fsp3) is 0.263. The third kappa shape index (κ3) is 3.57. The van der Waals surface area contributed by atoms with Crippen LogP contribution in [0.3, 0.4) is 0 Å². The van der Waals surface area contributed by atoms with E-state index < -0.39 is 0 Å². The summed E-state index contributed by atoms with van der Waals surface area (Å²) in [7, 11) is 1.65. The van der Waals surface area contributed by atoms with Crippen molar-refractivity contribution in [2.75, 3.05) is 33.3 Å². The van der Waals surface area contributed by atoms with Crippen LogP contribution in [0.15, 0.2) is 54.6 Å². The Balaban J connectivity index is 1.60. The second-order valence-corrected chi connectivity index (χ2v) is 6.07. The van der Waals surface area contributed by atoms with Crippen molar-refractivity contribution in [2.45, 2.75) is 0 Å². The van der Waals surface area contributed by atoms with Crippen LogP contribution in [0.25, 0.3) is 0 Å². The van der Waals surface area contributed by atoms with Gasteiger partial charge in [-0.3, -0.25) is 4.79 Å². The molecule has 0 bridgehead atoms. The number of carbonyl (C=O) groups excluding carboxylic acids is 1. The fourth-order valence-electron chi connectivity index (χ4n) is 2.79. The minimum Gasteiger partial charge on any atom is -0.497 e. The molecule has 2 aromatic carbocycles. The highest BCUT2D eigenvalue weighted by Crippen LogP contribution is 2.16. The Morgan fingerprint density at radius 3 is 2.04 bits per heavy atom. The zero-order chi connectivity index (χ0) is 16.9. The first-order valence-corrected chi connectivity index (χ1v) is 8.37. The maximum atomic E-state index is 12.5. The Kier molecular flexibility index (Phi) is 5.11. The lowest BCUT2D eigenvalue weighted by molar-refractivity contribution is 0.0693. The summed E-state index contributed by atoms with van der Waals surface area (Å²) in [5.74, 6) is 0.908.